The summed E-state index contributed by atoms with van der Waals surface area (Å²) in [6.45, 7) is 0.686. The van der Waals surface area contributed by atoms with Crippen molar-refractivity contribution in [3.05, 3.63) is 29.8 Å². The SMILES string of the molecule is COC(=O)c1ccc(O[C@@]2(C)O[C@@H]([C@H](O)[C@@H](O)CO)C[C@H](O)[C@H]2O)cc1. The zero-order chi connectivity index (χ0) is 19.5. The molecule has 1 aliphatic heterocycles. The number of rotatable bonds is 6. The third-order valence-electron chi connectivity index (χ3n) is 4.32. The van der Waals surface area contributed by atoms with Gasteiger partial charge in [0, 0.05) is 13.3 Å². The van der Waals surface area contributed by atoms with E-state index in [0.717, 1.165) is 0 Å². The first kappa shape index (κ1) is 20.6. The molecule has 5 N–H and O–H groups in total. The molecule has 0 bridgehead atoms. The maximum atomic E-state index is 11.5. The first-order valence-electron chi connectivity index (χ1n) is 8.10. The van der Waals surface area contributed by atoms with Crippen molar-refractivity contribution in [1.82, 2.24) is 0 Å². The first-order chi connectivity index (χ1) is 12.2. The van der Waals surface area contributed by atoms with Crippen LogP contribution >= 0.6 is 0 Å². The average Bonchev–Trinajstić information content (AvgIpc) is 2.64. The summed E-state index contributed by atoms with van der Waals surface area (Å²) in [7, 11) is 1.26. The maximum absolute atomic E-state index is 11.5. The molecule has 0 unspecified atom stereocenters. The van der Waals surface area contributed by atoms with Gasteiger partial charge < -0.3 is 39.7 Å². The summed E-state index contributed by atoms with van der Waals surface area (Å²) in [5.41, 5.74) is 0.300. The van der Waals surface area contributed by atoms with Gasteiger partial charge in [0.15, 0.2) is 0 Å². The second-order valence-corrected chi connectivity index (χ2v) is 6.28. The predicted octanol–water partition coefficient (Wildman–Crippen LogP) is -1.21. The minimum Gasteiger partial charge on any atom is -0.465 e. The number of hydrogen-bond donors (Lipinski definition) is 5. The molecule has 1 heterocycles. The van der Waals surface area contributed by atoms with Crippen molar-refractivity contribution in [3.63, 3.8) is 0 Å². The van der Waals surface area contributed by atoms with Crippen LogP contribution in [-0.2, 0) is 9.47 Å². The Morgan fingerprint density at radius 1 is 1.31 bits per heavy atom. The van der Waals surface area contributed by atoms with Gasteiger partial charge in [-0.2, -0.15) is 0 Å². The van der Waals surface area contributed by atoms with E-state index in [0.29, 0.717) is 5.56 Å². The third kappa shape index (κ3) is 4.32. The lowest BCUT2D eigenvalue weighted by Gasteiger charge is -2.45. The van der Waals surface area contributed by atoms with Crippen molar-refractivity contribution < 1.29 is 44.5 Å². The molecule has 9 heteroatoms. The Bertz CT molecular complexity index is 605. The number of aliphatic hydroxyl groups is 5. The van der Waals surface area contributed by atoms with E-state index < -0.39 is 48.9 Å². The second-order valence-electron chi connectivity index (χ2n) is 6.28. The summed E-state index contributed by atoms with van der Waals surface area (Å²) in [5.74, 6) is -2.01. The highest BCUT2D eigenvalue weighted by molar-refractivity contribution is 5.89. The normalized spacial score (nSPS) is 31.1. The van der Waals surface area contributed by atoms with Crippen molar-refractivity contribution in [2.24, 2.45) is 0 Å². The summed E-state index contributed by atoms with van der Waals surface area (Å²) in [6.07, 6.45) is -6.89. The number of benzene rings is 1. The second kappa shape index (κ2) is 8.30. The molecule has 1 fully saturated rings. The Morgan fingerprint density at radius 3 is 2.46 bits per heavy atom. The van der Waals surface area contributed by atoms with Gasteiger partial charge in [-0.25, -0.2) is 4.79 Å². The van der Waals surface area contributed by atoms with Gasteiger partial charge in [-0.3, -0.25) is 0 Å². The molecule has 0 radical (unpaired) electrons. The van der Waals surface area contributed by atoms with Gasteiger partial charge >= 0.3 is 5.97 Å². The van der Waals surface area contributed by atoms with Crippen LogP contribution in [0.2, 0.25) is 0 Å². The number of hydrogen-bond acceptors (Lipinski definition) is 9. The van der Waals surface area contributed by atoms with Crippen LogP contribution in [0, 0.1) is 0 Å². The molecule has 1 aliphatic rings. The molecule has 9 nitrogen and oxygen atoms in total. The average molecular weight is 372 g/mol. The molecule has 26 heavy (non-hydrogen) atoms. The van der Waals surface area contributed by atoms with Crippen molar-refractivity contribution in [2.75, 3.05) is 13.7 Å². The van der Waals surface area contributed by atoms with Gasteiger partial charge in [0.25, 0.3) is 0 Å². The van der Waals surface area contributed by atoms with Gasteiger partial charge in [0.05, 0.1) is 31.5 Å². The molecule has 0 aromatic heterocycles. The molecular formula is C17H24O9. The van der Waals surface area contributed by atoms with Crippen LogP contribution in [-0.4, -0.2) is 81.5 Å². The molecule has 0 saturated carbocycles. The van der Waals surface area contributed by atoms with Crippen LogP contribution in [0.3, 0.4) is 0 Å². The molecule has 2 rings (SSSR count). The highest BCUT2D eigenvalue weighted by atomic mass is 16.7. The van der Waals surface area contributed by atoms with E-state index in [1.807, 2.05) is 0 Å². The minimum atomic E-state index is -1.73. The first-order valence-corrected chi connectivity index (χ1v) is 8.10. The van der Waals surface area contributed by atoms with Crippen molar-refractivity contribution >= 4 is 5.97 Å². The molecule has 0 amide bonds. The fourth-order valence-electron chi connectivity index (χ4n) is 2.80. The monoisotopic (exact) mass is 372 g/mol. The maximum Gasteiger partial charge on any atom is 0.337 e. The van der Waals surface area contributed by atoms with Crippen LogP contribution < -0.4 is 4.74 Å². The smallest absolute Gasteiger partial charge is 0.337 e. The Morgan fingerprint density at radius 2 is 1.92 bits per heavy atom. The van der Waals surface area contributed by atoms with Crippen molar-refractivity contribution in [3.8, 4) is 5.75 Å². The summed E-state index contributed by atoms with van der Waals surface area (Å²) in [5, 5.41) is 48.9. The molecule has 0 spiro atoms. The number of carbonyl (C=O) groups excluding carboxylic acids is 1. The third-order valence-corrected chi connectivity index (χ3v) is 4.32. The van der Waals surface area contributed by atoms with E-state index in [4.69, 9.17) is 14.6 Å². The lowest BCUT2D eigenvalue weighted by molar-refractivity contribution is -0.315. The zero-order valence-electron chi connectivity index (χ0n) is 14.5. The lowest BCUT2D eigenvalue weighted by Crippen LogP contribution is -2.62. The molecular weight excluding hydrogens is 348 g/mol. The number of aliphatic hydroxyl groups excluding tert-OH is 5. The predicted molar refractivity (Wildman–Crippen MR) is 87.4 cm³/mol. The molecule has 146 valence electrons. The largest absolute Gasteiger partial charge is 0.465 e. The van der Waals surface area contributed by atoms with Crippen molar-refractivity contribution in [1.29, 1.82) is 0 Å². The number of ether oxygens (including phenoxy) is 3. The van der Waals surface area contributed by atoms with E-state index >= 15 is 0 Å². The standard InChI is InChI=1S/C17H24O9/c1-17(25-10-5-3-9(4-6-10)16(23)24-2)15(22)11(19)7-13(26-17)14(21)12(20)8-18/h3-6,11-15,18-22H,7-8H2,1-2H3/t11-,12-,13+,14+,15+,17-/m0/s1. The van der Waals surface area contributed by atoms with Gasteiger partial charge in [-0.05, 0) is 24.3 Å². The van der Waals surface area contributed by atoms with Gasteiger partial charge in [0.2, 0.25) is 5.79 Å². The summed E-state index contributed by atoms with van der Waals surface area (Å²) < 4.78 is 15.8. The summed E-state index contributed by atoms with van der Waals surface area (Å²) >= 11 is 0. The molecule has 1 saturated heterocycles. The van der Waals surface area contributed by atoms with E-state index in [9.17, 15) is 25.2 Å². The zero-order valence-corrected chi connectivity index (χ0v) is 14.5. The fourth-order valence-corrected chi connectivity index (χ4v) is 2.80. The summed E-state index contributed by atoms with van der Waals surface area (Å²) in [4.78, 5) is 11.5. The Balaban J connectivity index is 2.17. The van der Waals surface area contributed by atoms with Crippen LogP contribution in [0.25, 0.3) is 0 Å². The quantitative estimate of drug-likeness (QED) is 0.388. The van der Waals surface area contributed by atoms with Gasteiger partial charge in [-0.15, -0.1) is 0 Å². The molecule has 6 atom stereocenters. The Kier molecular flexibility index (Phi) is 6.56. The fraction of sp³-hybridized carbons (Fsp3) is 0.588. The molecule has 1 aromatic rings. The van der Waals surface area contributed by atoms with Crippen LogP contribution in [0.1, 0.15) is 23.7 Å². The number of methoxy groups -OCH3 is 1. The molecule has 1 aromatic carbocycles. The Labute approximate surface area is 150 Å². The molecule has 0 aliphatic carbocycles. The Hall–Kier alpha value is -1.75. The topological polar surface area (TPSA) is 146 Å². The van der Waals surface area contributed by atoms with Crippen LogP contribution in [0.15, 0.2) is 24.3 Å². The highest BCUT2D eigenvalue weighted by Crippen LogP contribution is 2.34. The van der Waals surface area contributed by atoms with E-state index in [1.165, 1.54) is 38.3 Å². The highest BCUT2D eigenvalue weighted by Gasteiger charge is 2.50. The lowest BCUT2D eigenvalue weighted by atomic mass is 9.92. The minimum absolute atomic E-state index is 0.153. The van der Waals surface area contributed by atoms with E-state index in [2.05, 4.69) is 4.74 Å². The van der Waals surface area contributed by atoms with Crippen LogP contribution in [0.4, 0.5) is 0 Å². The van der Waals surface area contributed by atoms with Crippen molar-refractivity contribution in [2.45, 2.75) is 49.7 Å². The van der Waals surface area contributed by atoms with Gasteiger partial charge in [0.1, 0.15) is 24.1 Å². The van der Waals surface area contributed by atoms with Gasteiger partial charge in [-0.1, -0.05) is 0 Å². The summed E-state index contributed by atoms with van der Waals surface area (Å²) in [6, 6.07) is 5.83. The van der Waals surface area contributed by atoms with E-state index in [-0.39, 0.29) is 12.2 Å². The number of esters is 1. The van der Waals surface area contributed by atoms with Crippen LogP contribution in [0.5, 0.6) is 5.75 Å². The number of carbonyl (C=O) groups is 1. The van der Waals surface area contributed by atoms with E-state index in [1.54, 1.807) is 0 Å².